The molecule has 1 heterocycles. The molecule has 0 bridgehead atoms. The second kappa shape index (κ2) is 6.57. The summed E-state index contributed by atoms with van der Waals surface area (Å²) in [4.78, 5) is 8.92. The van der Waals surface area contributed by atoms with E-state index in [1.165, 1.54) is 0 Å². The van der Waals surface area contributed by atoms with Crippen molar-refractivity contribution in [1.29, 1.82) is 0 Å². The van der Waals surface area contributed by atoms with E-state index >= 15 is 0 Å². The summed E-state index contributed by atoms with van der Waals surface area (Å²) >= 11 is 0. The fraction of sp³-hybridized carbons (Fsp3) is 0.615. The molecule has 17 heavy (non-hydrogen) atoms. The Bertz CT molecular complexity index is 349. The normalized spacial score (nSPS) is 10.9. The SMILES string of the molecule is Cc1cc(CN)cc(N(C)CCCN(C)C)n1. The van der Waals surface area contributed by atoms with Gasteiger partial charge in [-0.05, 0) is 51.7 Å². The third kappa shape index (κ3) is 4.71. The minimum Gasteiger partial charge on any atom is -0.360 e. The van der Waals surface area contributed by atoms with Crippen molar-refractivity contribution in [1.82, 2.24) is 9.88 Å². The van der Waals surface area contributed by atoms with Crippen molar-refractivity contribution in [3.63, 3.8) is 0 Å². The van der Waals surface area contributed by atoms with Crippen LogP contribution in [-0.4, -0.2) is 44.1 Å². The van der Waals surface area contributed by atoms with Crippen molar-refractivity contribution in [2.24, 2.45) is 5.73 Å². The Balaban J connectivity index is 2.61. The lowest BCUT2D eigenvalue weighted by atomic mass is 10.2. The Labute approximate surface area is 104 Å². The first-order valence-corrected chi connectivity index (χ1v) is 6.06. The fourth-order valence-corrected chi connectivity index (χ4v) is 1.77. The second-order valence-corrected chi connectivity index (χ2v) is 4.76. The minimum absolute atomic E-state index is 0.571. The molecule has 0 radical (unpaired) electrons. The van der Waals surface area contributed by atoms with Crippen LogP contribution >= 0.6 is 0 Å². The number of aryl methyl sites for hydroxylation is 1. The Morgan fingerprint density at radius 1 is 1.18 bits per heavy atom. The molecule has 0 saturated carbocycles. The van der Waals surface area contributed by atoms with Crippen molar-refractivity contribution in [2.45, 2.75) is 19.9 Å². The number of aromatic nitrogens is 1. The molecular formula is C13H24N4. The Morgan fingerprint density at radius 2 is 1.88 bits per heavy atom. The van der Waals surface area contributed by atoms with Crippen LogP contribution < -0.4 is 10.6 Å². The van der Waals surface area contributed by atoms with Gasteiger partial charge in [0.2, 0.25) is 0 Å². The first kappa shape index (κ1) is 13.9. The molecule has 96 valence electrons. The van der Waals surface area contributed by atoms with Crippen LogP contribution in [0.25, 0.3) is 0 Å². The highest BCUT2D eigenvalue weighted by atomic mass is 15.2. The summed E-state index contributed by atoms with van der Waals surface area (Å²) in [5, 5.41) is 0. The highest BCUT2D eigenvalue weighted by Crippen LogP contribution is 2.13. The van der Waals surface area contributed by atoms with Crippen LogP contribution in [0.15, 0.2) is 12.1 Å². The lowest BCUT2D eigenvalue weighted by Crippen LogP contribution is -2.24. The predicted molar refractivity (Wildman–Crippen MR) is 73.3 cm³/mol. The quantitative estimate of drug-likeness (QED) is 0.807. The summed E-state index contributed by atoms with van der Waals surface area (Å²) in [5.74, 6) is 1.02. The lowest BCUT2D eigenvalue weighted by molar-refractivity contribution is 0.401. The van der Waals surface area contributed by atoms with E-state index in [1.807, 2.05) is 13.0 Å². The third-order valence-electron chi connectivity index (χ3n) is 2.73. The molecule has 4 heteroatoms. The van der Waals surface area contributed by atoms with Crippen LogP contribution in [0.5, 0.6) is 0 Å². The minimum atomic E-state index is 0.571. The number of pyridine rings is 1. The van der Waals surface area contributed by atoms with Crippen LogP contribution in [0.2, 0.25) is 0 Å². The van der Waals surface area contributed by atoms with Crippen LogP contribution in [0.4, 0.5) is 5.82 Å². The summed E-state index contributed by atoms with van der Waals surface area (Å²) < 4.78 is 0. The maximum Gasteiger partial charge on any atom is 0.128 e. The van der Waals surface area contributed by atoms with E-state index in [0.29, 0.717) is 6.54 Å². The van der Waals surface area contributed by atoms with E-state index in [2.05, 4.69) is 42.0 Å². The summed E-state index contributed by atoms with van der Waals surface area (Å²) in [7, 11) is 6.27. The molecule has 0 atom stereocenters. The molecule has 0 saturated heterocycles. The van der Waals surface area contributed by atoms with Crippen LogP contribution in [0.1, 0.15) is 17.7 Å². The largest absolute Gasteiger partial charge is 0.360 e. The van der Waals surface area contributed by atoms with Gasteiger partial charge < -0.3 is 15.5 Å². The summed E-state index contributed by atoms with van der Waals surface area (Å²) in [6.07, 6.45) is 1.14. The van der Waals surface area contributed by atoms with Gasteiger partial charge in [-0.2, -0.15) is 0 Å². The monoisotopic (exact) mass is 236 g/mol. The molecule has 0 aliphatic rings. The maximum absolute atomic E-state index is 5.67. The van der Waals surface area contributed by atoms with Gasteiger partial charge in [0.05, 0.1) is 0 Å². The third-order valence-corrected chi connectivity index (χ3v) is 2.73. The predicted octanol–water partition coefficient (Wildman–Crippen LogP) is 1.24. The van der Waals surface area contributed by atoms with Gasteiger partial charge in [-0.3, -0.25) is 0 Å². The first-order chi connectivity index (χ1) is 8.02. The molecule has 1 aromatic rings. The van der Waals surface area contributed by atoms with Crippen molar-refractivity contribution in [3.05, 3.63) is 23.4 Å². The molecular weight excluding hydrogens is 212 g/mol. The fourth-order valence-electron chi connectivity index (χ4n) is 1.77. The zero-order chi connectivity index (χ0) is 12.8. The average Bonchev–Trinajstić information content (AvgIpc) is 2.27. The maximum atomic E-state index is 5.67. The molecule has 2 N–H and O–H groups in total. The number of hydrogen-bond acceptors (Lipinski definition) is 4. The van der Waals surface area contributed by atoms with Gasteiger partial charge in [0.15, 0.2) is 0 Å². The zero-order valence-corrected chi connectivity index (χ0v) is 11.4. The van der Waals surface area contributed by atoms with E-state index in [1.54, 1.807) is 0 Å². The lowest BCUT2D eigenvalue weighted by Gasteiger charge is -2.20. The molecule has 0 fully saturated rings. The number of hydrogen-bond donors (Lipinski definition) is 1. The molecule has 0 aromatic carbocycles. The molecule has 0 amide bonds. The Kier molecular flexibility index (Phi) is 5.38. The number of nitrogens with two attached hydrogens (primary N) is 1. The smallest absolute Gasteiger partial charge is 0.128 e. The van der Waals surface area contributed by atoms with E-state index in [4.69, 9.17) is 5.73 Å². The van der Waals surface area contributed by atoms with Crippen molar-refractivity contribution >= 4 is 5.82 Å². The van der Waals surface area contributed by atoms with Crippen molar-refractivity contribution in [2.75, 3.05) is 39.1 Å². The Hall–Kier alpha value is -1.13. The first-order valence-electron chi connectivity index (χ1n) is 6.06. The van der Waals surface area contributed by atoms with Crippen LogP contribution in [-0.2, 0) is 6.54 Å². The van der Waals surface area contributed by atoms with E-state index in [0.717, 1.165) is 36.6 Å². The van der Waals surface area contributed by atoms with Gasteiger partial charge in [-0.25, -0.2) is 4.98 Å². The summed E-state index contributed by atoms with van der Waals surface area (Å²) in [5.41, 5.74) is 7.85. The van der Waals surface area contributed by atoms with Crippen LogP contribution in [0, 0.1) is 6.92 Å². The van der Waals surface area contributed by atoms with Gasteiger partial charge in [-0.15, -0.1) is 0 Å². The molecule has 0 unspecified atom stereocenters. The molecule has 4 nitrogen and oxygen atoms in total. The van der Waals surface area contributed by atoms with E-state index in [9.17, 15) is 0 Å². The molecule has 1 aromatic heterocycles. The zero-order valence-electron chi connectivity index (χ0n) is 11.4. The topological polar surface area (TPSA) is 45.4 Å². The van der Waals surface area contributed by atoms with Gasteiger partial charge >= 0.3 is 0 Å². The van der Waals surface area contributed by atoms with E-state index in [-0.39, 0.29) is 0 Å². The van der Waals surface area contributed by atoms with Gasteiger partial charge in [-0.1, -0.05) is 0 Å². The van der Waals surface area contributed by atoms with Gasteiger partial charge in [0, 0.05) is 25.8 Å². The van der Waals surface area contributed by atoms with Crippen molar-refractivity contribution < 1.29 is 0 Å². The summed E-state index contributed by atoms with van der Waals surface area (Å²) in [6, 6.07) is 4.11. The highest BCUT2D eigenvalue weighted by molar-refractivity contribution is 5.41. The number of nitrogens with zero attached hydrogens (tertiary/aromatic N) is 3. The molecule has 0 spiro atoms. The Morgan fingerprint density at radius 3 is 2.47 bits per heavy atom. The van der Waals surface area contributed by atoms with Crippen LogP contribution in [0.3, 0.4) is 0 Å². The highest BCUT2D eigenvalue weighted by Gasteiger charge is 2.05. The van der Waals surface area contributed by atoms with Gasteiger partial charge in [0.25, 0.3) is 0 Å². The second-order valence-electron chi connectivity index (χ2n) is 4.76. The molecule has 1 rings (SSSR count). The molecule has 0 aliphatic heterocycles. The van der Waals surface area contributed by atoms with Crippen molar-refractivity contribution in [3.8, 4) is 0 Å². The average molecular weight is 236 g/mol. The number of anilines is 1. The van der Waals surface area contributed by atoms with E-state index < -0.39 is 0 Å². The molecule has 0 aliphatic carbocycles. The number of rotatable bonds is 6. The van der Waals surface area contributed by atoms with Gasteiger partial charge in [0.1, 0.15) is 5.82 Å². The standard InChI is InChI=1S/C13H24N4/c1-11-8-12(10-14)9-13(15-11)17(4)7-5-6-16(2)3/h8-9H,5-7,10,14H2,1-4H3. The summed E-state index contributed by atoms with van der Waals surface area (Å²) in [6.45, 7) is 4.69.